The second kappa shape index (κ2) is 7.32. The molecule has 2 aliphatic heterocycles. The van der Waals surface area contributed by atoms with Crippen molar-refractivity contribution in [2.75, 3.05) is 0 Å². The maximum atomic E-state index is 12.8. The molecule has 2 aliphatic carbocycles. The molecule has 2 heterocycles. The van der Waals surface area contributed by atoms with Gasteiger partial charge in [0.05, 0.1) is 11.5 Å². The highest BCUT2D eigenvalue weighted by Crippen LogP contribution is 2.51. The molecule has 1 aromatic rings. The highest BCUT2D eigenvalue weighted by atomic mass is 16.6. The zero-order valence-corrected chi connectivity index (χ0v) is 16.8. The molecule has 5 unspecified atom stereocenters. The Balaban J connectivity index is 1.44. The largest absolute Gasteiger partial charge is 0.462 e. The Labute approximate surface area is 170 Å². The highest BCUT2D eigenvalue weighted by molar-refractivity contribution is 5.90. The van der Waals surface area contributed by atoms with E-state index in [-0.39, 0.29) is 18.0 Å². The molecule has 0 N–H and O–H groups in total. The smallest absolute Gasteiger partial charge is 0.338 e. The summed E-state index contributed by atoms with van der Waals surface area (Å²) in [5.41, 5.74) is 0.949. The standard InChI is InChI=1S/C23H26O6/c1-13(2)20(24)27-14(3)16-4-6-17(7-5-16)22(26)29-23-10-15-8-18(11-23)21(25)28-19(9-15)12-23/h4-7,14-15,18-19H,1,8-12H2,2-3H3. The number of carbonyl (C=O) groups is 3. The van der Waals surface area contributed by atoms with E-state index >= 15 is 0 Å². The number of fused-ring (bicyclic) bond motifs is 1. The lowest BCUT2D eigenvalue weighted by Gasteiger charge is -2.45. The molecule has 4 aliphatic rings. The minimum absolute atomic E-state index is 0.141. The Hall–Kier alpha value is -2.63. The molecule has 2 saturated carbocycles. The van der Waals surface area contributed by atoms with Crippen LogP contribution in [0.25, 0.3) is 0 Å². The molecule has 1 aromatic carbocycles. The normalized spacial score (nSPS) is 30.8. The van der Waals surface area contributed by atoms with Crippen molar-refractivity contribution in [1.82, 2.24) is 0 Å². The number of hydrogen-bond donors (Lipinski definition) is 0. The van der Waals surface area contributed by atoms with Crippen molar-refractivity contribution in [2.24, 2.45) is 11.8 Å². The molecule has 0 spiro atoms. The Bertz CT molecular complexity index is 857. The van der Waals surface area contributed by atoms with Gasteiger partial charge < -0.3 is 14.2 Å². The van der Waals surface area contributed by atoms with Crippen LogP contribution in [0.3, 0.4) is 0 Å². The zero-order chi connectivity index (χ0) is 20.8. The Morgan fingerprint density at radius 3 is 2.59 bits per heavy atom. The fourth-order valence-electron chi connectivity index (χ4n) is 4.97. The first-order valence-corrected chi connectivity index (χ1v) is 10.1. The van der Waals surface area contributed by atoms with Crippen LogP contribution in [-0.4, -0.2) is 29.6 Å². The van der Waals surface area contributed by atoms with Gasteiger partial charge in [-0.3, -0.25) is 4.79 Å². The van der Waals surface area contributed by atoms with E-state index in [1.165, 1.54) is 0 Å². The summed E-state index contributed by atoms with van der Waals surface area (Å²) in [5.74, 6) is -0.774. The first-order valence-electron chi connectivity index (χ1n) is 10.1. The van der Waals surface area contributed by atoms with E-state index in [2.05, 4.69) is 6.58 Å². The Morgan fingerprint density at radius 1 is 1.17 bits per heavy atom. The van der Waals surface area contributed by atoms with Crippen LogP contribution in [0.2, 0.25) is 0 Å². The predicted octanol–water partition coefficient (Wildman–Crippen LogP) is 3.90. The van der Waals surface area contributed by atoms with Crippen LogP contribution in [0.1, 0.15) is 68.0 Å². The molecule has 2 saturated heterocycles. The first kappa shape index (κ1) is 19.7. The fourth-order valence-corrected chi connectivity index (χ4v) is 4.97. The van der Waals surface area contributed by atoms with Crippen molar-refractivity contribution in [1.29, 1.82) is 0 Å². The molecule has 0 radical (unpaired) electrons. The van der Waals surface area contributed by atoms with E-state index in [0.717, 1.165) is 24.8 Å². The molecular formula is C23H26O6. The SMILES string of the molecule is C=C(C)C(=O)OC(C)c1ccc(C(=O)OC23CC4CC(C2)OC(=O)C(C4)C3)cc1. The summed E-state index contributed by atoms with van der Waals surface area (Å²) in [6.07, 6.45) is 3.06. The molecule has 5 rings (SSSR count). The van der Waals surface area contributed by atoms with Crippen molar-refractivity contribution in [3.63, 3.8) is 0 Å². The summed E-state index contributed by atoms with van der Waals surface area (Å²) >= 11 is 0. The third kappa shape index (κ3) is 3.93. The molecule has 5 atom stereocenters. The summed E-state index contributed by atoms with van der Waals surface area (Å²) in [4.78, 5) is 36.7. The number of benzene rings is 1. The van der Waals surface area contributed by atoms with Crippen LogP contribution in [-0.2, 0) is 23.8 Å². The van der Waals surface area contributed by atoms with E-state index in [1.54, 1.807) is 38.1 Å². The highest BCUT2D eigenvalue weighted by Gasteiger charge is 2.54. The van der Waals surface area contributed by atoms with E-state index in [1.807, 2.05) is 0 Å². The van der Waals surface area contributed by atoms with Crippen LogP contribution in [0, 0.1) is 11.8 Å². The summed E-state index contributed by atoms with van der Waals surface area (Å²) in [7, 11) is 0. The van der Waals surface area contributed by atoms with Crippen LogP contribution < -0.4 is 0 Å². The predicted molar refractivity (Wildman–Crippen MR) is 104 cm³/mol. The Morgan fingerprint density at radius 2 is 1.90 bits per heavy atom. The summed E-state index contributed by atoms with van der Waals surface area (Å²) in [5, 5.41) is 0. The van der Waals surface area contributed by atoms with Crippen molar-refractivity contribution < 1.29 is 28.6 Å². The minimum atomic E-state index is -0.608. The number of hydrogen-bond acceptors (Lipinski definition) is 6. The molecule has 0 aromatic heterocycles. The Kier molecular flexibility index (Phi) is 4.97. The van der Waals surface area contributed by atoms with E-state index < -0.39 is 23.6 Å². The topological polar surface area (TPSA) is 78.9 Å². The van der Waals surface area contributed by atoms with Gasteiger partial charge >= 0.3 is 17.9 Å². The van der Waals surface area contributed by atoms with Crippen molar-refractivity contribution in [3.8, 4) is 0 Å². The molecule has 6 nitrogen and oxygen atoms in total. The first-order chi connectivity index (χ1) is 13.7. The second-order valence-electron chi connectivity index (χ2n) is 8.73. The average molecular weight is 398 g/mol. The molecule has 4 bridgehead atoms. The number of esters is 3. The van der Waals surface area contributed by atoms with Gasteiger partial charge in [-0.1, -0.05) is 18.7 Å². The van der Waals surface area contributed by atoms with Gasteiger partial charge in [-0.25, -0.2) is 9.59 Å². The van der Waals surface area contributed by atoms with Crippen LogP contribution in [0.5, 0.6) is 0 Å². The molecule has 29 heavy (non-hydrogen) atoms. The zero-order valence-electron chi connectivity index (χ0n) is 16.8. The lowest BCUT2D eigenvalue weighted by Crippen LogP contribution is -2.48. The van der Waals surface area contributed by atoms with E-state index in [4.69, 9.17) is 14.2 Å². The molecule has 6 heteroatoms. The number of rotatable bonds is 5. The average Bonchev–Trinajstić information content (AvgIpc) is 2.82. The molecule has 4 fully saturated rings. The van der Waals surface area contributed by atoms with Gasteiger partial charge in [-0.2, -0.15) is 0 Å². The second-order valence-corrected chi connectivity index (χ2v) is 8.73. The van der Waals surface area contributed by atoms with Gasteiger partial charge in [0, 0.05) is 18.4 Å². The van der Waals surface area contributed by atoms with E-state index in [9.17, 15) is 14.4 Å². The van der Waals surface area contributed by atoms with Crippen molar-refractivity contribution in [3.05, 3.63) is 47.5 Å². The van der Waals surface area contributed by atoms with Gasteiger partial charge in [-0.15, -0.1) is 0 Å². The third-order valence-electron chi connectivity index (χ3n) is 6.27. The van der Waals surface area contributed by atoms with Crippen LogP contribution in [0.4, 0.5) is 0 Å². The summed E-state index contributed by atoms with van der Waals surface area (Å²) < 4.78 is 16.9. The minimum Gasteiger partial charge on any atom is -0.462 e. The molecule has 154 valence electrons. The third-order valence-corrected chi connectivity index (χ3v) is 6.27. The molecular weight excluding hydrogens is 372 g/mol. The monoisotopic (exact) mass is 398 g/mol. The van der Waals surface area contributed by atoms with Gasteiger partial charge in [0.1, 0.15) is 17.8 Å². The number of ether oxygens (including phenoxy) is 3. The fraction of sp³-hybridized carbons (Fsp3) is 0.522. The maximum absolute atomic E-state index is 12.8. The van der Waals surface area contributed by atoms with Gasteiger partial charge in [-0.05, 0) is 56.7 Å². The van der Waals surface area contributed by atoms with Gasteiger partial charge in [0.15, 0.2) is 0 Å². The van der Waals surface area contributed by atoms with Crippen molar-refractivity contribution >= 4 is 17.9 Å². The van der Waals surface area contributed by atoms with E-state index in [0.29, 0.717) is 29.9 Å². The maximum Gasteiger partial charge on any atom is 0.338 e. The van der Waals surface area contributed by atoms with Gasteiger partial charge in [0.2, 0.25) is 0 Å². The van der Waals surface area contributed by atoms with Crippen LogP contribution >= 0.6 is 0 Å². The van der Waals surface area contributed by atoms with Crippen LogP contribution in [0.15, 0.2) is 36.4 Å². The van der Waals surface area contributed by atoms with Crippen molar-refractivity contribution in [2.45, 2.75) is 63.8 Å². The summed E-state index contributed by atoms with van der Waals surface area (Å²) in [6.45, 7) is 6.94. The van der Waals surface area contributed by atoms with Gasteiger partial charge in [0.25, 0.3) is 0 Å². The lowest BCUT2D eigenvalue weighted by molar-refractivity contribution is -0.151. The number of carbonyl (C=O) groups excluding carboxylic acids is 3. The molecule has 0 amide bonds. The lowest BCUT2D eigenvalue weighted by atomic mass is 9.65. The summed E-state index contributed by atoms with van der Waals surface area (Å²) in [6, 6.07) is 6.87. The quantitative estimate of drug-likeness (QED) is 0.425.